The van der Waals surface area contributed by atoms with E-state index in [9.17, 15) is 19.8 Å². The summed E-state index contributed by atoms with van der Waals surface area (Å²) in [6, 6.07) is 0. The lowest BCUT2D eigenvalue weighted by atomic mass is 9.97. The molecule has 4 nitrogen and oxygen atoms in total. The fourth-order valence-corrected chi connectivity index (χ4v) is 2.21. The highest BCUT2D eigenvalue weighted by atomic mass is 16.4. The van der Waals surface area contributed by atoms with E-state index in [0.29, 0.717) is 12.8 Å². The zero-order chi connectivity index (χ0) is 15.4. The normalized spacial score (nSPS) is 12.1. The first-order valence-corrected chi connectivity index (χ1v) is 7.69. The van der Waals surface area contributed by atoms with Crippen LogP contribution in [0.15, 0.2) is 11.1 Å². The van der Waals surface area contributed by atoms with Crippen LogP contribution in [0.1, 0.15) is 78.1 Å². The van der Waals surface area contributed by atoms with E-state index in [1.54, 1.807) is 0 Å². The molecule has 0 N–H and O–H groups in total. The highest BCUT2D eigenvalue weighted by Crippen LogP contribution is 2.19. The smallest absolute Gasteiger partial charge is 0.0678 e. The van der Waals surface area contributed by atoms with Gasteiger partial charge < -0.3 is 19.8 Å². The molecule has 0 unspecified atom stereocenters. The number of carbonyl (C=O) groups excluding carboxylic acids is 2. The maximum atomic E-state index is 11.1. The first kappa shape index (κ1) is 18.7. The van der Waals surface area contributed by atoms with Gasteiger partial charge in [0.2, 0.25) is 0 Å². The Labute approximate surface area is 121 Å². The number of unbranched alkanes of at least 4 members (excludes halogenated alkanes) is 6. The van der Waals surface area contributed by atoms with Crippen molar-refractivity contribution in [2.24, 2.45) is 0 Å². The fourth-order valence-electron chi connectivity index (χ4n) is 2.21. The maximum absolute atomic E-state index is 11.1. The molecule has 116 valence electrons. The van der Waals surface area contributed by atoms with Crippen molar-refractivity contribution in [2.75, 3.05) is 0 Å². The summed E-state index contributed by atoms with van der Waals surface area (Å²) < 4.78 is 0. The third-order valence-corrected chi connectivity index (χ3v) is 3.42. The van der Waals surface area contributed by atoms with Gasteiger partial charge in [-0.2, -0.15) is 0 Å². The largest absolute Gasteiger partial charge is 0.545 e. The third-order valence-electron chi connectivity index (χ3n) is 3.42. The molecule has 0 saturated heterocycles. The van der Waals surface area contributed by atoms with E-state index in [-0.39, 0.29) is 24.0 Å². The van der Waals surface area contributed by atoms with Gasteiger partial charge in [0, 0.05) is 0 Å². The minimum absolute atomic E-state index is 0.0717. The highest BCUT2D eigenvalue weighted by Gasteiger charge is 2.09. The molecule has 0 amide bonds. The van der Waals surface area contributed by atoms with E-state index in [0.717, 1.165) is 38.5 Å². The molecule has 0 aromatic rings. The van der Waals surface area contributed by atoms with Crippen LogP contribution >= 0.6 is 0 Å². The molecule has 20 heavy (non-hydrogen) atoms. The predicted octanol–water partition coefficient (Wildman–Crippen LogP) is 1.72. The van der Waals surface area contributed by atoms with Crippen molar-refractivity contribution in [1.82, 2.24) is 0 Å². The van der Waals surface area contributed by atoms with Crippen molar-refractivity contribution >= 4 is 11.9 Å². The van der Waals surface area contributed by atoms with Gasteiger partial charge in [0.25, 0.3) is 0 Å². The number of carboxylic acid groups (broad SMARTS) is 2. The topological polar surface area (TPSA) is 80.3 Å². The van der Waals surface area contributed by atoms with Gasteiger partial charge in [0.1, 0.15) is 0 Å². The van der Waals surface area contributed by atoms with Crippen LogP contribution in [-0.2, 0) is 9.59 Å². The molecular formula is C16H26O4-2. The monoisotopic (exact) mass is 282 g/mol. The number of aliphatic carboxylic acids is 2. The number of rotatable bonds is 12. The van der Waals surface area contributed by atoms with Crippen molar-refractivity contribution < 1.29 is 19.8 Å². The van der Waals surface area contributed by atoms with Crippen molar-refractivity contribution in [2.45, 2.75) is 78.1 Å². The standard InChI is InChI=1S/C16H28O4/c1-3-5-7-9-11-13(15(17)18)14(16(19)20)12-10-8-6-4-2/h3-12H2,1-2H3,(H,17,18)(H,19,20)/p-2/b14-13-. The Morgan fingerprint density at radius 3 is 1.25 bits per heavy atom. The number of carboxylic acids is 2. The van der Waals surface area contributed by atoms with Gasteiger partial charge in [-0.25, -0.2) is 0 Å². The van der Waals surface area contributed by atoms with E-state index >= 15 is 0 Å². The predicted molar refractivity (Wildman–Crippen MR) is 74.6 cm³/mol. The summed E-state index contributed by atoms with van der Waals surface area (Å²) in [5.41, 5.74) is -0.143. The SMILES string of the molecule is CCCCCC/C(C(=O)[O-])=C(\CCCCCC)C(=O)[O-]. The Kier molecular flexibility index (Phi) is 10.7. The second-order valence-electron chi connectivity index (χ2n) is 5.15. The molecular weight excluding hydrogens is 256 g/mol. The van der Waals surface area contributed by atoms with Gasteiger partial charge in [-0.15, -0.1) is 0 Å². The van der Waals surface area contributed by atoms with Crippen LogP contribution in [0, 0.1) is 0 Å². The average molecular weight is 282 g/mol. The third kappa shape index (κ3) is 7.97. The van der Waals surface area contributed by atoms with Crippen LogP contribution in [0.25, 0.3) is 0 Å². The summed E-state index contributed by atoms with van der Waals surface area (Å²) in [6.07, 6.45) is 7.86. The lowest BCUT2D eigenvalue weighted by Gasteiger charge is -2.17. The van der Waals surface area contributed by atoms with Crippen LogP contribution in [-0.4, -0.2) is 11.9 Å². The molecule has 0 saturated carbocycles. The zero-order valence-corrected chi connectivity index (χ0v) is 12.7. The molecule has 0 fully saturated rings. The van der Waals surface area contributed by atoms with E-state index in [1.807, 2.05) is 0 Å². The molecule has 0 aromatic heterocycles. The fraction of sp³-hybridized carbons (Fsp3) is 0.750. The quantitative estimate of drug-likeness (QED) is 0.403. The average Bonchev–Trinajstić information content (AvgIpc) is 2.39. The van der Waals surface area contributed by atoms with Crippen molar-refractivity contribution in [3.05, 3.63) is 11.1 Å². The van der Waals surface area contributed by atoms with E-state index in [4.69, 9.17) is 0 Å². The molecule has 4 heteroatoms. The van der Waals surface area contributed by atoms with E-state index in [2.05, 4.69) is 13.8 Å². The molecule has 0 heterocycles. The summed E-state index contributed by atoms with van der Waals surface area (Å²) in [5.74, 6) is -2.73. The Bertz CT molecular complexity index is 299. The second kappa shape index (κ2) is 11.5. The molecule has 0 aliphatic carbocycles. The molecule has 0 bridgehead atoms. The molecule has 0 radical (unpaired) electrons. The van der Waals surface area contributed by atoms with Crippen molar-refractivity contribution in [3.63, 3.8) is 0 Å². The van der Waals surface area contributed by atoms with Gasteiger partial charge in [0.15, 0.2) is 0 Å². The van der Waals surface area contributed by atoms with Crippen LogP contribution < -0.4 is 10.2 Å². The van der Waals surface area contributed by atoms with Crippen molar-refractivity contribution in [3.8, 4) is 0 Å². The molecule has 0 aromatic carbocycles. The highest BCUT2D eigenvalue weighted by molar-refractivity contribution is 5.97. The minimum Gasteiger partial charge on any atom is -0.545 e. The Morgan fingerprint density at radius 2 is 1.00 bits per heavy atom. The number of hydrogen-bond acceptors (Lipinski definition) is 4. The van der Waals surface area contributed by atoms with Gasteiger partial charge in [0.05, 0.1) is 11.9 Å². The molecule has 0 atom stereocenters. The lowest BCUT2D eigenvalue weighted by molar-refractivity contribution is -0.304. The van der Waals surface area contributed by atoms with Gasteiger partial charge in [-0.05, 0) is 36.8 Å². The zero-order valence-electron chi connectivity index (χ0n) is 12.7. The van der Waals surface area contributed by atoms with Gasteiger partial charge in [-0.1, -0.05) is 52.4 Å². The lowest BCUT2D eigenvalue weighted by Crippen LogP contribution is -2.32. The summed E-state index contributed by atoms with van der Waals surface area (Å²) in [5, 5.41) is 22.3. The van der Waals surface area contributed by atoms with Crippen LogP contribution in [0.5, 0.6) is 0 Å². The molecule has 0 aliphatic heterocycles. The van der Waals surface area contributed by atoms with Crippen LogP contribution in [0.3, 0.4) is 0 Å². The van der Waals surface area contributed by atoms with Crippen LogP contribution in [0.2, 0.25) is 0 Å². The minimum atomic E-state index is -1.36. The number of hydrogen-bond donors (Lipinski definition) is 0. The van der Waals surface area contributed by atoms with Gasteiger partial charge >= 0.3 is 0 Å². The Balaban J connectivity index is 4.67. The molecule has 0 rings (SSSR count). The second-order valence-corrected chi connectivity index (χ2v) is 5.15. The molecule has 0 aliphatic rings. The summed E-state index contributed by atoms with van der Waals surface area (Å²) in [4.78, 5) is 22.3. The van der Waals surface area contributed by atoms with E-state index in [1.165, 1.54) is 0 Å². The van der Waals surface area contributed by atoms with E-state index < -0.39 is 11.9 Å². The van der Waals surface area contributed by atoms with Crippen molar-refractivity contribution in [1.29, 1.82) is 0 Å². The van der Waals surface area contributed by atoms with Crippen LogP contribution in [0.4, 0.5) is 0 Å². The summed E-state index contributed by atoms with van der Waals surface area (Å²) in [6.45, 7) is 4.13. The first-order chi connectivity index (χ1) is 9.54. The number of carbonyl (C=O) groups is 2. The molecule has 0 spiro atoms. The Morgan fingerprint density at radius 1 is 0.650 bits per heavy atom. The Hall–Kier alpha value is -1.32. The van der Waals surface area contributed by atoms with Gasteiger partial charge in [-0.3, -0.25) is 0 Å². The maximum Gasteiger partial charge on any atom is 0.0678 e. The summed E-state index contributed by atoms with van der Waals surface area (Å²) >= 11 is 0. The summed E-state index contributed by atoms with van der Waals surface area (Å²) in [7, 11) is 0. The first-order valence-electron chi connectivity index (χ1n) is 7.69.